The molecule has 2 rings (SSSR count). The van der Waals surface area contributed by atoms with Crippen molar-refractivity contribution in [1.82, 2.24) is 10.3 Å². The first-order valence-electron chi connectivity index (χ1n) is 6.67. The topological polar surface area (TPSA) is 28.2 Å². The molecule has 0 spiro atoms. The fourth-order valence-corrected chi connectivity index (χ4v) is 2.15. The van der Waals surface area contributed by atoms with Crippen molar-refractivity contribution in [1.29, 1.82) is 0 Å². The maximum absolute atomic E-state index is 4.77. The molecule has 19 heavy (non-hydrogen) atoms. The van der Waals surface area contributed by atoms with Gasteiger partial charge in [0.25, 0.3) is 0 Å². The summed E-state index contributed by atoms with van der Waals surface area (Å²) in [5.74, 6) is 1.02. The van der Waals surface area contributed by atoms with Gasteiger partial charge in [-0.15, -0.1) is 6.58 Å². The Labute approximate surface area is 115 Å². The molecule has 0 atom stereocenters. The van der Waals surface area contributed by atoms with Gasteiger partial charge in [0, 0.05) is 25.5 Å². The molecule has 0 aliphatic heterocycles. The fraction of sp³-hybridized carbons (Fsp3) is 0.312. The second-order valence-electron chi connectivity index (χ2n) is 4.61. The van der Waals surface area contributed by atoms with E-state index in [1.807, 2.05) is 13.1 Å². The van der Waals surface area contributed by atoms with E-state index in [0.717, 1.165) is 31.1 Å². The van der Waals surface area contributed by atoms with Crippen LogP contribution in [0.1, 0.15) is 12.6 Å². The van der Waals surface area contributed by atoms with E-state index in [2.05, 4.69) is 54.1 Å². The van der Waals surface area contributed by atoms with Gasteiger partial charge in [-0.2, -0.15) is 0 Å². The van der Waals surface area contributed by atoms with Crippen LogP contribution in [0.15, 0.2) is 43.0 Å². The van der Waals surface area contributed by atoms with E-state index in [9.17, 15) is 0 Å². The number of hydrogen-bond donors (Lipinski definition) is 1. The molecule has 0 aliphatic carbocycles. The number of anilines is 1. The van der Waals surface area contributed by atoms with Gasteiger partial charge in [-0.3, -0.25) is 0 Å². The molecule has 0 aliphatic rings. The first-order valence-corrected chi connectivity index (χ1v) is 6.67. The standard InChI is InChI=1S/C16H21N3/c1-4-10-19(3)16-15-9-7-6-8-13(15)11-14(18-16)12-17-5-2/h4,6-9,11,17H,1,5,10,12H2,2-3H3. The number of likely N-dealkylation sites (N-methyl/N-ethyl adjacent to an activating group) is 1. The van der Waals surface area contributed by atoms with E-state index in [0.29, 0.717) is 0 Å². The SMILES string of the molecule is C=CCN(C)c1nc(CNCC)cc2ccccc12. The van der Waals surface area contributed by atoms with Crippen LogP contribution in [-0.2, 0) is 6.54 Å². The molecule has 0 amide bonds. The molecule has 0 fully saturated rings. The van der Waals surface area contributed by atoms with Gasteiger partial charge in [0.2, 0.25) is 0 Å². The van der Waals surface area contributed by atoms with E-state index in [1.54, 1.807) is 0 Å². The van der Waals surface area contributed by atoms with Crippen molar-refractivity contribution < 1.29 is 0 Å². The van der Waals surface area contributed by atoms with Gasteiger partial charge in [0.1, 0.15) is 5.82 Å². The number of benzene rings is 1. The highest BCUT2D eigenvalue weighted by atomic mass is 15.2. The second-order valence-corrected chi connectivity index (χ2v) is 4.61. The largest absolute Gasteiger partial charge is 0.355 e. The number of aromatic nitrogens is 1. The molecule has 100 valence electrons. The molecule has 1 heterocycles. The van der Waals surface area contributed by atoms with Crippen LogP contribution in [0.25, 0.3) is 10.8 Å². The molecule has 3 nitrogen and oxygen atoms in total. The Hall–Kier alpha value is -1.87. The van der Waals surface area contributed by atoms with Crippen LogP contribution < -0.4 is 10.2 Å². The van der Waals surface area contributed by atoms with E-state index in [-0.39, 0.29) is 0 Å². The number of hydrogen-bond acceptors (Lipinski definition) is 3. The highest BCUT2D eigenvalue weighted by molar-refractivity contribution is 5.92. The number of fused-ring (bicyclic) bond motifs is 1. The fourth-order valence-electron chi connectivity index (χ4n) is 2.15. The summed E-state index contributed by atoms with van der Waals surface area (Å²) < 4.78 is 0. The second kappa shape index (κ2) is 6.34. The third-order valence-corrected chi connectivity index (χ3v) is 3.09. The Balaban J connectivity index is 2.48. The predicted molar refractivity (Wildman–Crippen MR) is 82.6 cm³/mol. The van der Waals surface area contributed by atoms with Gasteiger partial charge in [-0.05, 0) is 18.0 Å². The van der Waals surface area contributed by atoms with Crippen molar-refractivity contribution in [2.75, 3.05) is 25.0 Å². The number of nitrogens with one attached hydrogen (secondary N) is 1. The van der Waals surface area contributed by atoms with Crippen LogP contribution in [0.4, 0.5) is 5.82 Å². The van der Waals surface area contributed by atoms with Gasteiger partial charge in [-0.1, -0.05) is 37.3 Å². The molecular formula is C16H21N3. The maximum Gasteiger partial charge on any atom is 0.136 e. The van der Waals surface area contributed by atoms with Crippen molar-refractivity contribution in [3.63, 3.8) is 0 Å². The average molecular weight is 255 g/mol. The summed E-state index contributed by atoms with van der Waals surface area (Å²) in [5, 5.41) is 5.75. The van der Waals surface area contributed by atoms with E-state index in [1.165, 1.54) is 10.8 Å². The summed E-state index contributed by atoms with van der Waals surface area (Å²) in [6.45, 7) is 8.45. The Morgan fingerprint density at radius 2 is 2.16 bits per heavy atom. The zero-order chi connectivity index (χ0) is 13.7. The highest BCUT2D eigenvalue weighted by Crippen LogP contribution is 2.25. The molecular weight excluding hydrogens is 234 g/mol. The van der Waals surface area contributed by atoms with Crippen molar-refractivity contribution in [3.8, 4) is 0 Å². The first-order chi connectivity index (χ1) is 9.26. The highest BCUT2D eigenvalue weighted by Gasteiger charge is 2.08. The number of rotatable bonds is 6. The third kappa shape index (κ3) is 3.12. The van der Waals surface area contributed by atoms with Gasteiger partial charge in [0.05, 0.1) is 5.69 Å². The van der Waals surface area contributed by atoms with Crippen molar-refractivity contribution in [2.45, 2.75) is 13.5 Å². The summed E-state index contributed by atoms with van der Waals surface area (Å²) in [5.41, 5.74) is 1.08. The minimum atomic E-state index is 0.793. The molecule has 2 aromatic rings. The molecule has 0 radical (unpaired) electrons. The van der Waals surface area contributed by atoms with Crippen molar-refractivity contribution in [3.05, 3.63) is 48.7 Å². The summed E-state index contributed by atoms with van der Waals surface area (Å²) in [6.07, 6.45) is 1.90. The van der Waals surface area contributed by atoms with Crippen LogP contribution in [0.2, 0.25) is 0 Å². The lowest BCUT2D eigenvalue weighted by atomic mass is 10.1. The Morgan fingerprint density at radius 3 is 2.89 bits per heavy atom. The molecule has 0 saturated heterocycles. The number of nitrogens with zero attached hydrogens (tertiary/aromatic N) is 2. The summed E-state index contributed by atoms with van der Waals surface area (Å²) in [6, 6.07) is 10.5. The van der Waals surface area contributed by atoms with Gasteiger partial charge in [0.15, 0.2) is 0 Å². The van der Waals surface area contributed by atoms with Crippen LogP contribution in [0.3, 0.4) is 0 Å². The summed E-state index contributed by atoms with van der Waals surface area (Å²) in [4.78, 5) is 6.90. The normalized spacial score (nSPS) is 10.6. The quantitative estimate of drug-likeness (QED) is 0.804. The molecule has 3 heteroatoms. The minimum Gasteiger partial charge on any atom is -0.355 e. The molecule has 0 unspecified atom stereocenters. The van der Waals surface area contributed by atoms with Crippen LogP contribution in [0, 0.1) is 0 Å². The van der Waals surface area contributed by atoms with Gasteiger partial charge in [-0.25, -0.2) is 4.98 Å². The monoisotopic (exact) mass is 255 g/mol. The number of pyridine rings is 1. The van der Waals surface area contributed by atoms with Crippen LogP contribution >= 0.6 is 0 Å². The molecule has 1 N–H and O–H groups in total. The zero-order valence-electron chi connectivity index (χ0n) is 11.7. The first kappa shape index (κ1) is 13.6. The lowest BCUT2D eigenvalue weighted by Crippen LogP contribution is -2.20. The Bertz CT molecular complexity index is 563. The van der Waals surface area contributed by atoms with E-state index < -0.39 is 0 Å². The van der Waals surface area contributed by atoms with Crippen molar-refractivity contribution in [2.24, 2.45) is 0 Å². The maximum atomic E-state index is 4.77. The average Bonchev–Trinajstić information content (AvgIpc) is 2.44. The summed E-state index contributed by atoms with van der Waals surface area (Å²) >= 11 is 0. The molecule has 1 aromatic heterocycles. The lowest BCUT2D eigenvalue weighted by Gasteiger charge is -2.19. The predicted octanol–water partition coefficient (Wildman–Crippen LogP) is 2.97. The smallest absolute Gasteiger partial charge is 0.136 e. The Kier molecular flexibility index (Phi) is 4.53. The van der Waals surface area contributed by atoms with E-state index >= 15 is 0 Å². The lowest BCUT2D eigenvalue weighted by molar-refractivity contribution is 0.711. The summed E-state index contributed by atoms with van der Waals surface area (Å²) in [7, 11) is 2.05. The minimum absolute atomic E-state index is 0.793. The van der Waals surface area contributed by atoms with Crippen LogP contribution in [-0.4, -0.2) is 25.1 Å². The molecule has 0 saturated carbocycles. The van der Waals surface area contributed by atoms with Crippen molar-refractivity contribution >= 4 is 16.6 Å². The van der Waals surface area contributed by atoms with Crippen LogP contribution in [0.5, 0.6) is 0 Å². The third-order valence-electron chi connectivity index (χ3n) is 3.09. The molecule has 0 bridgehead atoms. The van der Waals surface area contributed by atoms with E-state index in [4.69, 9.17) is 4.98 Å². The molecule has 1 aromatic carbocycles. The van der Waals surface area contributed by atoms with Gasteiger partial charge < -0.3 is 10.2 Å². The van der Waals surface area contributed by atoms with Gasteiger partial charge >= 0.3 is 0 Å². The Morgan fingerprint density at radius 1 is 1.37 bits per heavy atom. The zero-order valence-corrected chi connectivity index (χ0v) is 11.7.